The van der Waals surface area contributed by atoms with Crippen LogP contribution in [-0.4, -0.2) is 65.1 Å². The maximum absolute atomic E-state index is 13.2. The predicted octanol–water partition coefficient (Wildman–Crippen LogP) is 2.28. The van der Waals surface area contributed by atoms with Gasteiger partial charge in [-0.1, -0.05) is 0 Å². The lowest BCUT2D eigenvalue weighted by Crippen LogP contribution is -2.36. The van der Waals surface area contributed by atoms with Crippen LogP contribution in [0, 0.1) is 17.0 Å². The van der Waals surface area contributed by atoms with Crippen molar-refractivity contribution in [2.45, 2.75) is 33.3 Å². The molecule has 0 atom stereocenters. The van der Waals surface area contributed by atoms with Crippen LogP contribution >= 0.6 is 0 Å². The van der Waals surface area contributed by atoms with Gasteiger partial charge in [-0.3, -0.25) is 19.7 Å². The van der Waals surface area contributed by atoms with Crippen molar-refractivity contribution in [2.75, 3.05) is 27.8 Å². The Morgan fingerprint density at radius 1 is 1.17 bits per heavy atom. The number of esters is 1. The Balaban J connectivity index is 2.62. The van der Waals surface area contributed by atoms with Crippen molar-refractivity contribution in [1.29, 1.82) is 0 Å². The first-order chi connectivity index (χ1) is 13.9. The van der Waals surface area contributed by atoms with Gasteiger partial charge in [0.25, 0.3) is 23.4 Å². The molecule has 1 amide bonds. The van der Waals surface area contributed by atoms with E-state index in [0.29, 0.717) is 0 Å². The van der Waals surface area contributed by atoms with Crippen LogP contribution in [0.5, 0.6) is 11.8 Å². The minimum absolute atomic E-state index is 0.0158. The lowest BCUT2D eigenvalue weighted by atomic mass is 10.0. The fraction of sp³-hybridized carbons (Fsp3) is 0.474. The van der Waals surface area contributed by atoms with Crippen molar-refractivity contribution in [3.63, 3.8) is 0 Å². The number of methoxy groups -OCH3 is 2. The van der Waals surface area contributed by atoms with Gasteiger partial charge < -0.3 is 19.1 Å². The lowest BCUT2D eigenvalue weighted by Gasteiger charge is -2.23. The van der Waals surface area contributed by atoms with Crippen molar-refractivity contribution in [1.82, 2.24) is 14.9 Å². The normalized spacial score (nSPS) is 11.2. The number of benzene rings is 1. The molecule has 0 N–H and O–H groups in total. The van der Waals surface area contributed by atoms with Crippen LogP contribution in [0.15, 0.2) is 6.07 Å². The molecule has 0 unspecified atom stereocenters. The highest BCUT2D eigenvalue weighted by Gasteiger charge is 2.29. The number of nitrogens with zero attached hydrogens (tertiary/aromatic N) is 4. The average Bonchev–Trinajstić information content (AvgIpc) is 2.64. The lowest BCUT2D eigenvalue weighted by molar-refractivity contribution is -0.385. The third-order valence-corrected chi connectivity index (χ3v) is 4.06. The molecule has 0 fully saturated rings. The van der Waals surface area contributed by atoms with Crippen molar-refractivity contribution < 1.29 is 28.7 Å². The van der Waals surface area contributed by atoms with E-state index in [1.165, 1.54) is 34.3 Å². The summed E-state index contributed by atoms with van der Waals surface area (Å²) in [6.45, 7) is 6.21. The summed E-state index contributed by atoms with van der Waals surface area (Å²) in [5, 5.41) is 11.5. The number of aromatic nitrogens is 2. The molecule has 1 heterocycles. The molecule has 1 aromatic heterocycles. The van der Waals surface area contributed by atoms with E-state index in [1.807, 2.05) is 0 Å². The molecule has 11 heteroatoms. The summed E-state index contributed by atoms with van der Waals surface area (Å²) in [7, 11) is 4.10. The fourth-order valence-electron chi connectivity index (χ4n) is 2.79. The highest BCUT2D eigenvalue weighted by molar-refractivity contribution is 6.08. The number of fused-ring (bicyclic) bond motifs is 1. The Morgan fingerprint density at radius 3 is 2.23 bits per heavy atom. The zero-order valence-electron chi connectivity index (χ0n) is 17.9. The molecule has 2 aromatic rings. The van der Waals surface area contributed by atoms with Crippen LogP contribution in [0.4, 0.5) is 5.69 Å². The van der Waals surface area contributed by atoms with Gasteiger partial charge in [-0.15, -0.1) is 0 Å². The molecule has 30 heavy (non-hydrogen) atoms. The van der Waals surface area contributed by atoms with E-state index >= 15 is 0 Å². The number of carbonyl (C=O) groups excluding carboxylic acids is 2. The second-order valence-corrected chi connectivity index (χ2v) is 7.51. The molecule has 162 valence electrons. The first-order valence-electron chi connectivity index (χ1n) is 8.94. The van der Waals surface area contributed by atoms with E-state index in [0.717, 1.165) is 4.90 Å². The highest BCUT2D eigenvalue weighted by atomic mass is 16.6. The van der Waals surface area contributed by atoms with E-state index in [9.17, 15) is 19.7 Å². The third-order valence-electron chi connectivity index (χ3n) is 4.06. The number of nitro benzene ring substituents is 1. The van der Waals surface area contributed by atoms with E-state index in [2.05, 4.69) is 9.97 Å². The standard InChI is InChI=1S/C19H24N4O7/c1-10-12(23(26)27)8-11-15(21-17(29-7)16(20-11)28-6)14(10)18(25)22(5)9-13(24)30-19(2,3)4/h8H,9H2,1-7H3. The number of ether oxygens (including phenoxy) is 3. The molecule has 0 saturated carbocycles. The van der Waals surface area contributed by atoms with E-state index in [-0.39, 0.29) is 46.2 Å². The summed E-state index contributed by atoms with van der Waals surface area (Å²) < 4.78 is 15.5. The SMILES string of the molecule is COc1nc2cc([N+](=O)[O-])c(C)c(C(=O)N(C)CC(=O)OC(C)(C)C)c2nc1OC. The number of carbonyl (C=O) groups is 2. The number of rotatable bonds is 6. The van der Waals surface area contributed by atoms with Crippen molar-refractivity contribution in [2.24, 2.45) is 0 Å². The Labute approximate surface area is 173 Å². The van der Waals surface area contributed by atoms with Crippen LogP contribution in [0.2, 0.25) is 0 Å². The fourth-order valence-corrected chi connectivity index (χ4v) is 2.79. The number of amides is 1. The Bertz CT molecular complexity index is 1010. The second-order valence-electron chi connectivity index (χ2n) is 7.51. The van der Waals surface area contributed by atoms with Crippen LogP contribution in [0.3, 0.4) is 0 Å². The topological polar surface area (TPSA) is 134 Å². The predicted molar refractivity (Wildman–Crippen MR) is 107 cm³/mol. The van der Waals surface area contributed by atoms with E-state index < -0.39 is 22.4 Å². The maximum Gasteiger partial charge on any atom is 0.326 e. The molecule has 1 aromatic carbocycles. The quantitative estimate of drug-likeness (QED) is 0.392. The molecule has 0 aliphatic rings. The summed E-state index contributed by atoms with van der Waals surface area (Å²) in [5.41, 5.74) is -0.813. The Hall–Kier alpha value is -3.50. The van der Waals surface area contributed by atoms with Gasteiger partial charge in [-0.05, 0) is 27.7 Å². The molecular weight excluding hydrogens is 396 g/mol. The number of nitro groups is 1. The van der Waals surface area contributed by atoms with E-state index in [1.54, 1.807) is 20.8 Å². The Kier molecular flexibility index (Phi) is 6.44. The third kappa shape index (κ3) is 4.73. The monoisotopic (exact) mass is 420 g/mol. The highest BCUT2D eigenvalue weighted by Crippen LogP contribution is 2.33. The Morgan fingerprint density at radius 2 is 1.73 bits per heavy atom. The molecule has 0 spiro atoms. The smallest absolute Gasteiger partial charge is 0.326 e. The summed E-state index contributed by atoms with van der Waals surface area (Å²) in [4.78, 5) is 45.8. The van der Waals surface area contributed by atoms with Gasteiger partial charge in [0, 0.05) is 18.7 Å². The average molecular weight is 420 g/mol. The van der Waals surface area contributed by atoms with E-state index in [4.69, 9.17) is 14.2 Å². The van der Waals surface area contributed by atoms with Crippen LogP contribution in [0.25, 0.3) is 11.0 Å². The molecule has 0 radical (unpaired) electrons. The maximum atomic E-state index is 13.2. The zero-order chi connectivity index (χ0) is 22.8. The molecule has 0 aliphatic carbocycles. The van der Waals surface area contributed by atoms with Gasteiger partial charge in [0.15, 0.2) is 0 Å². The summed E-state index contributed by atoms with van der Waals surface area (Å²) in [6, 6.07) is 1.21. The van der Waals surface area contributed by atoms with Gasteiger partial charge in [-0.2, -0.15) is 0 Å². The van der Waals surface area contributed by atoms with Crippen LogP contribution in [0.1, 0.15) is 36.7 Å². The van der Waals surface area contributed by atoms with Crippen molar-refractivity contribution in [3.05, 3.63) is 27.3 Å². The second kappa shape index (κ2) is 8.47. The minimum Gasteiger partial charge on any atom is -0.477 e. The molecule has 0 aliphatic heterocycles. The molecular formula is C19H24N4O7. The van der Waals surface area contributed by atoms with Crippen LogP contribution < -0.4 is 9.47 Å². The molecule has 0 saturated heterocycles. The molecule has 0 bridgehead atoms. The van der Waals surface area contributed by atoms with Gasteiger partial charge in [0.1, 0.15) is 23.2 Å². The van der Waals surface area contributed by atoms with Crippen molar-refractivity contribution in [3.8, 4) is 11.8 Å². The summed E-state index contributed by atoms with van der Waals surface area (Å²) in [6.07, 6.45) is 0. The van der Waals surface area contributed by atoms with Crippen molar-refractivity contribution >= 4 is 28.6 Å². The summed E-state index contributed by atoms with van der Waals surface area (Å²) in [5.74, 6) is -1.23. The van der Waals surface area contributed by atoms with Gasteiger partial charge in [0.05, 0.1) is 24.7 Å². The first kappa shape index (κ1) is 22.8. The zero-order valence-corrected chi connectivity index (χ0v) is 17.9. The summed E-state index contributed by atoms with van der Waals surface area (Å²) >= 11 is 0. The number of hydrogen-bond acceptors (Lipinski definition) is 9. The minimum atomic E-state index is -0.718. The first-order valence-corrected chi connectivity index (χ1v) is 8.94. The van der Waals surface area contributed by atoms with Crippen LogP contribution in [-0.2, 0) is 9.53 Å². The largest absolute Gasteiger partial charge is 0.477 e. The number of likely N-dealkylation sites (N-methyl/N-ethyl adjacent to an activating group) is 1. The van der Waals surface area contributed by atoms with Gasteiger partial charge in [0.2, 0.25) is 0 Å². The molecule has 2 rings (SSSR count). The molecule has 11 nitrogen and oxygen atoms in total. The number of hydrogen-bond donors (Lipinski definition) is 0. The van der Waals surface area contributed by atoms with Gasteiger partial charge >= 0.3 is 5.97 Å². The van der Waals surface area contributed by atoms with Gasteiger partial charge in [-0.25, -0.2) is 9.97 Å².